The van der Waals surface area contributed by atoms with Gasteiger partial charge in [0, 0.05) is 20.3 Å². The Bertz CT molecular complexity index is 1040. The van der Waals surface area contributed by atoms with Crippen LogP contribution in [0.15, 0.2) is 57.6 Å². The second-order valence-electron chi connectivity index (χ2n) is 5.74. The highest BCUT2D eigenvalue weighted by molar-refractivity contribution is 14.1. The van der Waals surface area contributed by atoms with E-state index in [9.17, 15) is 0 Å². The molecule has 0 saturated carbocycles. The molecule has 6 heteroatoms. The standard InChI is InChI=1S/C19H14IN3O2/c1-11-10-14(8-9-15(11)20)18-21-19(25-23-18)17-12(2)16(22-24-17)13-6-4-3-5-7-13/h3-10H,1-2H3. The maximum Gasteiger partial charge on any atom is 0.297 e. The molecule has 4 rings (SSSR count). The summed E-state index contributed by atoms with van der Waals surface area (Å²) in [5.41, 5.74) is 4.73. The van der Waals surface area contributed by atoms with Gasteiger partial charge in [0.05, 0.1) is 0 Å². The van der Waals surface area contributed by atoms with Crippen LogP contribution >= 0.6 is 22.6 Å². The molecule has 0 unspecified atom stereocenters. The third kappa shape index (κ3) is 2.97. The van der Waals surface area contributed by atoms with Gasteiger partial charge in [-0.25, -0.2) is 0 Å². The minimum absolute atomic E-state index is 0.332. The fraction of sp³-hybridized carbons (Fsp3) is 0.105. The number of nitrogens with zero attached hydrogens (tertiary/aromatic N) is 3. The SMILES string of the molecule is Cc1cc(-c2noc(-c3onc(-c4ccccc4)c3C)n2)ccc1I. The molecule has 2 aromatic heterocycles. The van der Waals surface area contributed by atoms with Gasteiger partial charge in [0.25, 0.3) is 5.89 Å². The Morgan fingerprint density at radius 3 is 2.44 bits per heavy atom. The Hall–Kier alpha value is -2.48. The zero-order chi connectivity index (χ0) is 17.4. The Kier molecular flexibility index (Phi) is 4.12. The summed E-state index contributed by atoms with van der Waals surface area (Å²) in [4.78, 5) is 4.48. The van der Waals surface area contributed by atoms with Gasteiger partial charge in [-0.05, 0) is 60.2 Å². The van der Waals surface area contributed by atoms with Gasteiger partial charge in [0.2, 0.25) is 11.6 Å². The van der Waals surface area contributed by atoms with Crippen molar-refractivity contribution in [3.8, 4) is 34.3 Å². The van der Waals surface area contributed by atoms with Gasteiger partial charge in [-0.3, -0.25) is 0 Å². The van der Waals surface area contributed by atoms with E-state index in [0.29, 0.717) is 17.5 Å². The van der Waals surface area contributed by atoms with Crippen LogP contribution in [0.5, 0.6) is 0 Å². The normalized spacial score (nSPS) is 11.0. The van der Waals surface area contributed by atoms with Gasteiger partial charge in [0.1, 0.15) is 5.69 Å². The minimum Gasteiger partial charge on any atom is -0.350 e. The monoisotopic (exact) mass is 443 g/mol. The second kappa shape index (κ2) is 6.44. The van der Waals surface area contributed by atoms with E-state index in [1.54, 1.807) is 0 Å². The first-order valence-corrected chi connectivity index (χ1v) is 8.83. The number of aromatic nitrogens is 3. The number of aryl methyl sites for hydroxylation is 1. The molecule has 0 N–H and O–H groups in total. The van der Waals surface area contributed by atoms with Crippen molar-refractivity contribution in [2.45, 2.75) is 13.8 Å². The first-order valence-electron chi connectivity index (χ1n) is 7.76. The van der Waals surface area contributed by atoms with Crippen molar-refractivity contribution in [2.75, 3.05) is 0 Å². The van der Waals surface area contributed by atoms with E-state index in [0.717, 1.165) is 22.4 Å². The first kappa shape index (κ1) is 16.0. The van der Waals surface area contributed by atoms with Crippen molar-refractivity contribution in [3.63, 3.8) is 0 Å². The van der Waals surface area contributed by atoms with Crippen LogP contribution in [-0.2, 0) is 0 Å². The lowest BCUT2D eigenvalue weighted by atomic mass is 10.1. The summed E-state index contributed by atoms with van der Waals surface area (Å²) in [6.45, 7) is 3.99. The van der Waals surface area contributed by atoms with Crippen molar-refractivity contribution in [2.24, 2.45) is 0 Å². The van der Waals surface area contributed by atoms with Crippen LogP contribution in [-0.4, -0.2) is 15.3 Å². The van der Waals surface area contributed by atoms with Gasteiger partial charge >= 0.3 is 0 Å². The molecule has 4 aromatic rings. The van der Waals surface area contributed by atoms with Gasteiger partial charge in [-0.2, -0.15) is 4.98 Å². The Labute approximate surface area is 158 Å². The van der Waals surface area contributed by atoms with E-state index in [2.05, 4.69) is 44.8 Å². The van der Waals surface area contributed by atoms with E-state index in [1.807, 2.05) is 55.5 Å². The maximum atomic E-state index is 5.48. The first-order chi connectivity index (χ1) is 12.1. The molecule has 0 radical (unpaired) electrons. The topological polar surface area (TPSA) is 65.0 Å². The van der Waals surface area contributed by atoms with Crippen molar-refractivity contribution in [1.29, 1.82) is 0 Å². The molecule has 124 valence electrons. The van der Waals surface area contributed by atoms with Crippen LogP contribution < -0.4 is 0 Å². The van der Waals surface area contributed by atoms with E-state index >= 15 is 0 Å². The predicted molar refractivity (Wildman–Crippen MR) is 103 cm³/mol. The zero-order valence-corrected chi connectivity index (χ0v) is 15.8. The zero-order valence-electron chi connectivity index (χ0n) is 13.7. The lowest BCUT2D eigenvalue weighted by Crippen LogP contribution is -1.85. The van der Waals surface area contributed by atoms with E-state index in [4.69, 9.17) is 9.05 Å². The van der Waals surface area contributed by atoms with E-state index in [-0.39, 0.29) is 0 Å². The van der Waals surface area contributed by atoms with E-state index in [1.165, 1.54) is 9.13 Å². The number of hydrogen-bond acceptors (Lipinski definition) is 5. The molecule has 2 heterocycles. The van der Waals surface area contributed by atoms with E-state index < -0.39 is 0 Å². The lowest BCUT2D eigenvalue weighted by molar-refractivity contribution is 0.386. The number of halogens is 1. The Balaban J connectivity index is 1.71. The highest BCUT2D eigenvalue weighted by Crippen LogP contribution is 2.31. The highest BCUT2D eigenvalue weighted by Gasteiger charge is 2.21. The quantitative estimate of drug-likeness (QED) is 0.403. The summed E-state index contributed by atoms with van der Waals surface area (Å²) in [7, 11) is 0. The summed E-state index contributed by atoms with van der Waals surface area (Å²) in [5, 5.41) is 8.25. The van der Waals surface area contributed by atoms with Crippen LogP contribution in [0.4, 0.5) is 0 Å². The summed E-state index contributed by atoms with van der Waals surface area (Å²) in [6.07, 6.45) is 0. The van der Waals surface area contributed by atoms with Crippen LogP contribution in [0, 0.1) is 17.4 Å². The van der Waals surface area contributed by atoms with Crippen molar-refractivity contribution >= 4 is 22.6 Å². The highest BCUT2D eigenvalue weighted by atomic mass is 127. The molecule has 0 aliphatic carbocycles. The second-order valence-corrected chi connectivity index (χ2v) is 6.90. The number of benzene rings is 2. The molecule has 0 bridgehead atoms. The largest absolute Gasteiger partial charge is 0.350 e. The van der Waals surface area contributed by atoms with Crippen molar-refractivity contribution in [3.05, 3.63) is 63.2 Å². The van der Waals surface area contributed by atoms with Gasteiger partial charge in [-0.15, -0.1) is 0 Å². The fourth-order valence-electron chi connectivity index (χ4n) is 2.62. The molecular formula is C19H14IN3O2. The molecule has 0 atom stereocenters. The molecule has 2 aromatic carbocycles. The summed E-state index contributed by atoms with van der Waals surface area (Å²) >= 11 is 2.30. The average molecular weight is 443 g/mol. The Morgan fingerprint density at radius 2 is 1.68 bits per heavy atom. The number of rotatable bonds is 3. The van der Waals surface area contributed by atoms with Crippen molar-refractivity contribution in [1.82, 2.24) is 15.3 Å². The number of hydrogen-bond donors (Lipinski definition) is 0. The minimum atomic E-state index is 0.332. The smallest absolute Gasteiger partial charge is 0.297 e. The van der Waals surface area contributed by atoms with Crippen molar-refractivity contribution < 1.29 is 9.05 Å². The predicted octanol–water partition coefficient (Wildman–Crippen LogP) is 5.28. The third-order valence-electron chi connectivity index (χ3n) is 4.01. The molecule has 0 spiro atoms. The van der Waals surface area contributed by atoms with Crippen LogP contribution in [0.2, 0.25) is 0 Å². The molecule has 0 aliphatic rings. The Morgan fingerprint density at radius 1 is 0.880 bits per heavy atom. The molecule has 0 saturated heterocycles. The summed E-state index contributed by atoms with van der Waals surface area (Å²) in [5.74, 6) is 1.37. The van der Waals surface area contributed by atoms with Crippen LogP contribution in [0.1, 0.15) is 11.1 Å². The summed E-state index contributed by atoms with van der Waals surface area (Å²) in [6, 6.07) is 15.9. The molecule has 0 fully saturated rings. The van der Waals surface area contributed by atoms with Gasteiger partial charge in [-0.1, -0.05) is 40.6 Å². The van der Waals surface area contributed by atoms with Gasteiger partial charge in [0.15, 0.2) is 0 Å². The molecule has 0 aliphatic heterocycles. The maximum absolute atomic E-state index is 5.48. The van der Waals surface area contributed by atoms with Gasteiger partial charge < -0.3 is 9.05 Å². The van der Waals surface area contributed by atoms with Crippen LogP contribution in [0.25, 0.3) is 34.3 Å². The fourth-order valence-corrected chi connectivity index (χ4v) is 2.95. The average Bonchev–Trinajstić information content (AvgIpc) is 3.25. The van der Waals surface area contributed by atoms with Crippen LogP contribution in [0.3, 0.4) is 0 Å². The molecule has 0 amide bonds. The molecule has 5 nitrogen and oxygen atoms in total. The molecule has 25 heavy (non-hydrogen) atoms. The third-order valence-corrected chi connectivity index (χ3v) is 5.22. The summed E-state index contributed by atoms with van der Waals surface area (Å²) < 4.78 is 12.1. The lowest BCUT2D eigenvalue weighted by Gasteiger charge is -1.99. The molecular weight excluding hydrogens is 429 g/mol.